The molecule has 4 aromatic rings. The van der Waals surface area contributed by atoms with Crippen LogP contribution >= 0.6 is 0 Å². The van der Waals surface area contributed by atoms with Crippen LogP contribution in [-0.2, 0) is 23.1 Å². The van der Waals surface area contributed by atoms with Gasteiger partial charge in [0.15, 0.2) is 11.6 Å². The van der Waals surface area contributed by atoms with Gasteiger partial charge < -0.3 is 25.2 Å². The summed E-state index contributed by atoms with van der Waals surface area (Å²) in [5.41, 5.74) is 7.39. The number of primary amides is 1. The molecule has 0 radical (unpaired) electrons. The van der Waals surface area contributed by atoms with E-state index in [0.717, 1.165) is 5.56 Å². The molecule has 1 saturated heterocycles. The lowest BCUT2D eigenvalue weighted by molar-refractivity contribution is -0.136. The number of carbonyl (C=O) groups is 2. The van der Waals surface area contributed by atoms with Crippen molar-refractivity contribution in [2.75, 3.05) is 19.7 Å². The highest BCUT2D eigenvalue weighted by atomic mass is 16.6. The zero-order valence-electron chi connectivity index (χ0n) is 24.1. The van der Waals surface area contributed by atoms with Crippen molar-refractivity contribution in [3.05, 3.63) is 76.3 Å². The first kappa shape index (κ1) is 28.4. The number of nitrogens with two attached hydrogens (primary N) is 1. The van der Waals surface area contributed by atoms with E-state index in [9.17, 15) is 19.5 Å². The fourth-order valence-electron chi connectivity index (χ4n) is 6.04. The standard InChI is InChI=1S/C31H34N6O6/c1-19(20-6-4-3-5-7-20)14-25(38)36-12-10-31(41,11-13-36)17-37-18-33-26-27(29(37)39)34-35(2)28(26)21-8-9-23-22(15-21)24(16-42-23)43-30(32)40/h3-9,15,18-19,24,41H,10-14,16-17H2,1-2H3,(H2,32,40)/t19-,24?/m1/s1. The molecule has 1 fully saturated rings. The molecule has 12 heteroatoms. The summed E-state index contributed by atoms with van der Waals surface area (Å²) in [6, 6.07) is 15.4. The third kappa shape index (κ3) is 5.57. The highest BCUT2D eigenvalue weighted by Crippen LogP contribution is 2.38. The number of benzene rings is 2. The first-order valence-corrected chi connectivity index (χ1v) is 14.3. The van der Waals surface area contributed by atoms with Crippen molar-refractivity contribution in [2.45, 2.75) is 50.4 Å². The molecule has 2 aliphatic heterocycles. The third-order valence-electron chi connectivity index (χ3n) is 8.45. The number of amides is 2. The Morgan fingerprint density at radius 2 is 1.91 bits per heavy atom. The molecule has 3 N–H and O–H groups in total. The summed E-state index contributed by atoms with van der Waals surface area (Å²) in [4.78, 5) is 44.2. The molecular formula is C31H34N6O6. The molecular weight excluding hydrogens is 552 g/mol. The molecule has 0 saturated carbocycles. The van der Waals surface area contributed by atoms with Gasteiger partial charge in [0.2, 0.25) is 5.91 Å². The molecule has 2 aliphatic rings. The van der Waals surface area contributed by atoms with Crippen LogP contribution in [0.2, 0.25) is 0 Å². The number of ether oxygens (including phenoxy) is 2. The fraction of sp³-hybridized carbons (Fsp3) is 0.387. The van der Waals surface area contributed by atoms with Crippen molar-refractivity contribution in [3.63, 3.8) is 0 Å². The van der Waals surface area contributed by atoms with E-state index >= 15 is 0 Å². The Labute approximate surface area is 247 Å². The van der Waals surface area contributed by atoms with Gasteiger partial charge in [0.05, 0.1) is 24.2 Å². The van der Waals surface area contributed by atoms with E-state index in [0.29, 0.717) is 60.4 Å². The zero-order valence-corrected chi connectivity index (χ0v) is 24.1. The van der Waals surface area contributed by atoms with E-state index < -0.39 is 17.8 Å². The van der Waals surface area contributed by atoms with Crippen molar-refractivity contribution in [3.8, 4) is 17.0 Å². The summed E-state index contributed by atoms with van der Waals surface area (Å²) in [6.45, 7) is 3.08. The Morgan fingerprint density at radius 1 is 1.16 bits per heavy atom. The largest absolute Gasteiger partial charge is 0.489 e. The molecule has 224 valence electrons. The Bertz CT molecular complexity index is 1740. The van der Waals surface area contributed by atoms with Gasteiger partial charge in [0.25, 0.3) is 5.56 Å². The van der Waals surface area contributed by atoms with E-state index in [1.54, 1.807) is 22.7 Å². The van der Waals surface area contributed by atoms with Crippen molar-refractivity contribution in [2.24, 2.45) is 12.8 Å². The predicted octanol–water partition coefficient (Wildman–Crippen LogP) is 2.87. The maximum Gasteiger partial charge on any atom is 0.405 e. The Balaban J connectivity index is 1.17. The van der Waals surface area contributed by atoms with E-state index in [2.05, 4.69) is 10.1 Å². The number of nitrogens with zero attached hydrogens (tertiary/aromatic N) is 5. The summed E-state index contributed by atoms with van der Waals surface area (Å²) < 4.78 is 13.8. The smallest absolute Gasteiger partial charge is 0.405 e. The van der Waals surface area contributed by atoms with E-state index in [1.165, 1.54) is 10.9 Å². The predicted molar refractivity (Wildman–Crippen MR) is 157 cm³/mol. The number of likely N-dealkylation sites (tertiary alicyclic amines) is 1. The van der Waals surface area contributed by atoms with E-state index in [-0.39, 0.29) is 36.1 Å². The molecule has 4 heterocycles. The van der Waals surface area contributed by atoms with Crippen LogP contribution in [0.25, 0.3) is 22.3 Å². The number of hydrogen-bond acceptors (Lipinski definition) is 8. The number of fused-ring (bicyclic) bond motifs is 2. The normalized spacial score (nSPS) is 18.2. The minimum atomic E-state index is -1.16. The topological polar surface area (TPSA) is 155 Å². The van der Waals surface area contributed by atoms with Crippen LogP contribution in [0.5, 0.6) is 5.75 Å². The van der Waals surface area contributed by atoms with Crippen molar-refractivity contribution < 1.29 is 24.2 Å². The van der Waals surface area contributed by atoms with Crippen LogP contribution in [0.15, 0.2) is 59.7 Å². The average molecular weight is 587 g/mol. The quantitative estimate of drug-likeness (QED) is 0.335. The SMILES string of the molecule is C[C@H](CC(=O)N1CCC(O)(Cn2cnc3c(-c4ccc5c(c4)C(OC(N)=O)CO5)n(C)nc3c2=O)CC1)c1ccccc1. The van der Waals surface area contributed by atoms with Crippen molar-refractivity contribution >= 4 is 23.0 Å². The van der Waals surface area contributed by atoms with Crippen LogP contribution in [0, 0.1) is 0 Å². The van der Waals surface area contributed by atoms with E-state index in [4.69, 9.17) is 15.2 Å². The second-order valence-electron chi connectivity index (χ2n) is 11.5. The summed E-state index contributed by atoms with van der Waals surface area (Å²) in [7, 11) is 1.72. The molecule has 2 amide bonds. The minimum Gasteiger partial charge on any atom is -0.489 e. The molecule has 0 aliphatic carbocycles. The summed E-state index contributed by atoms with van der Waals surface area (Å²) in [5.74, 6) is 0.748. The second-order valence-corrected chi connectivity index (χ2v) is 11.5. The fourth-order valence-corrected chi connectivity index (χ4v) is 6.04. The van der Waals surface area contributed by atoms with Crippen LogP contribution < -0.4 is 16.0 Å². The Hall–Kier alpha value is -4.71. The van der Waals surface area contributed by atoms with Gasteiger partial charge in [0.1, 0.15) is 17.9 Å². The molecule has 0 spiro atoms. The number of aryl methyl sites for hydroxylation is 1. The second kappa shape index (κ2) is 11.2. The van der Waals surface area contributed by atoms with Crippen molar-refractivity contribution in [1.82, 2.24) is 24.2 Å². The number of aromatic nitrogens is 4. The van der Waals surface area contributed by atoms with Gasteiger partial charge in [-0.05, 0) is 42.5 Å². The zero-order chi connectivity index (χ0) is 30.3. The average Bonchev–Trinajstić information content (AvgIpc) is 3.54. The number of rotatable bonds is 7. The lowest BCUT2D eigenvalue weighted by atomic mass is 9.90. The molecule has 2 aromatic heterocycles. The van der Waals surface area contributed by atoms with Gasteiger partial charge >= 0.3 is 6.09 Å². The summed E-state index contributed by atoms with van der Waals surface area (Å²) in [6.07, 6.45) is 1.01. The first-order chi connectivity index (χ1) is 20.6. The highest BCUT2D eigenvalue weighted by molar-refractivity contribution is 5.89. The number of hydrogen-bond donors (Lipinski definition) is 2. The number of aliphatic hydroxyl groups is 1. The molecule has 0 bridgehead atoms. The van der Waals surface area contributed by atoms with Gasteiger partial charge in [0, 0.05) is 37.7 Å². The maximum absolute atomic E-state index is 13.5. The lowest BCUT2D eigenvalue weighted by Crippen LogP contribution is -2.49. The molecule has 1 unspecified atom stereocenters. The Kier molecular flexibility index (Phi) is 7.38. The van der Waals surface area contributed by atoms with E-state index in [1.807, 2.05) is 49.4 Å². The molecule has 6 rings (SSSR count). The van der Waals surface area contributed by atoms with Crippen LogP contribution in [0.3, 0.4) is 0 Å². The van der Waals surface area contributed by atoms with Crippen LogP contribution in [-0.4, -0.2) is 66.6 Å². The lowest BCUT2D eigenvalue weighted by Gasteiger charge is -2.38. The number of carbonyl (C=O) groups excluding carboxylic acids is 2. The molecule has 12 nitrogen and oxygen atoms in total. The highest BCUT2D eigenvalue weighted by Gasteiger charge is 2.35. The van der Waals surface area contributed by atoms with Gasteiger partial charge in [-0.15, -0.1) is 0 Å². The van der Waals surface area contributed by atoms with Gasteiger partial charge in [-0.3, -0.25) is 18.8 Å². The van der Waals surface area contributed by atoms with Gasteiger partial charge in [-0.2, -0.15) is 5.10 Å². The summed E-state index contributed by atoms with van der Waals surface area (Å²) in [5, 5.41) is 15.9. The first-order valence-electron chi connectivity index (χ1n) is 14.3. The summed E-state index contributed by atoms with van der Waals surface area (Å²) >= 11 is 0. The van der Waals surface area contributed by atoms with Crippen LogP contribution in [0.1, 0.15) is 49.3 Å². The molecule has 2 atom stereocenters. The van der Waals surface area contributed by atoms with Crippen molar-refractivity contribution in [1.29, 1.82) is 0 Å². The van der Waals surface area contributed by atoms with Gasteiger partial charge in [-0.25, -0.2) is 9.78 Å². The Morgan fingerprint density at radius 3 is 2.63 bits per heavy atom. The minimum absolute atomic E-state index is 0.0471. The third-order valence-corrected chi connectivity index (χ3v) is 8.45. The maximum atomic E-state index is 13.5. The number of piperidine rings is 1. The monoisotopic (exact) mass is 586 g/mol. The van der Waals surface area contributed by atoms with Crippen LogP contribution in [0.4, 0.5) is 4.79 Å². The molecule has 2 aromatic carbocycles. The molecule has 43 heavy (non-hydrogen) atoms. The van der Waals surface area contributed by atoms with Gasteiger partial charge in [-0.1, -0.05) is 37.3 Å².